The van der Waals surface area contributed by atoms with Gasteiger partial charge in [0.05, 0.1) is 22.1 Å². The van der Waals surface area contributed by atoms with E-state index in [1.165, 1.54) is 97.7 Å². The van der Waals surface area contributed by atoms with Crippen LogP contribution in [-0.4, -0.2) is 17.2 Å². The molecule has 0 N–H and O–H groups in total. The maximum absolute atomic E-state index is 2.81. The van der Waals surface area contributed by atoms with E-state index in [1.807, 2.05) is 0 Å². The number of hydrogen-bond donors (Lipinski definition) is 0. The lowest BCUT2D eigenvalue weighted by Crippen LogP contribution is -2.74. The minimum Gasteiger partial charge on any atom is -0.309 e. The predicted molar refractivity (Wildman–Crippen MR) is 295 cm³/mol. The van der Waals surface area contributed by atoms with Gasteiger partial charge >= 0.3 is 0 Å². The van der Waals surface area contributed by atoms with Gasteiger partial charge < -0.3 is 9.13 Å². The van der Waals surface area contributed by atoms with Crippen molar-refractivity contribution in [3.05, 3.63) is 279 Å². The van der Waals surface area contributed by atoms with Gasteiger partial charge in [0.2, 0.25) is 0 Å². The fourth-order valence-corrected chi connectivity index (χ4v) is 15.9. The van der Waals surface area contributed by atoms with Gasteiger partial charge in [-0.05, 0) is 121 Å². The van der Waals surface area contributed by atoms with Gasteiger partial charge in [-0.3, -0.25) is 0 Å². The summed E-state index contributed by atoms with van der Waals surface area (Å²) in [5, 5.41) is 10.4. The monoisotopic (exact) mass is 894 g/mol. The van der Waals surface area contributed by atoms with E-state index in [-0.39, 0.29) is 0 Å². The number of para-hydroxylation sites is 2. The summed E-state index contributed by atoms with van der Waals surface area (Å²) in [5.74, 6) is 0. The molecule has 2 aromatic heterocycles. The molecule has 2 heterocycles. The molecule has 2 nitrogen and oxygen atoms in total. The fraction of sp³-hybridized carbons (Fsp3) is 0. The Balaban J connectivity index is 1.04. The quantitative estimate of drug-likeness (QED) is 0.101. The second-order valence-electron chi connectivity index (χ2n) is 18.1. The van der Waals surface area contributed by atoms with Crippen LogP contribution in [0.15, 0.2) is 279 Å². The third-order valence-electron chi connectivity index (χ3n) is 14.2. The molecule has 0 radical (unpaired) electrons. The molecular weight excluding hydrogens is 849 g/mol. The molecule has 324 valence electrons. The van der Waals surface area contributed by atoms with Gasteiger partial charge in [-0.1, -0.05) is 212 Å². The number of hydrogen-bond acceptors (Lipinski definition) is 0. The molecule has 0 atom stereocenters. The summed E-state index contributed by atoms with van der Waals surface area (Å²) in [5.41, 5.74) is 14.3. The maximum Gasteiger partial charge on any atom is 0.179 e. The highest BCUT2D eigenvalue weighted by atomic mass is 28.3. The highest BCUT2D eigenvalue weighted by molar-refractivity contribution is 7.19. The number of benzene rings is 11. The molecule has 13 rings (SSSR count). The van der Waals surface area contributed by atoms with Gasteiger partial charge in [0.1, 0.15) is 0 Å². The molecule has 0 spiro atoms. The molecule has 3 heteroatoms. The number of aromatic nitrogens is 2. The highest BCUT2D eigenvalue weighted by Crippen LogP contribution is 2.40. The summed E-state index contributed by atoms with van der Waals surface area (Å²) in [4.78, 5) is 0. The average molecular weight is 895 g/mol. The highest BCUT2D eigenvalue weighted by Gasteiger charge is 2.41. The Bertz CT molecular complexity index is 3890. The molecule has 0 saturated carbocycles. The van der Waals surface area contributed by atoms with Crippen molar-refractivity contribution >= 4 is 72.4 Å². The van der Waals surface area contributed by atoms with Crippen molar-refractivity contribution in [2.24, 2.45) is 0 Å². The Hall–Kier alpha value is -8.76. The summed E-state index contributed by atoms with van der Waals surface area (Å²) in [7, 11) is -2.81. The normalized spacial score (nSPS) is 11.8. The van der Waals surface area contributed by atoms with Gasteiger partial charge in [-0.2, -0.15) is 0 Å². The van der Waals surface area contributed by atoms with E-state index in [2.05, 4.69) is 288 Å². The third kappa shape index (κ3) is 6.78. The van der Waals surface area contributed by atoms with Crippen molar-refractivity contribution in [3.63, 3.8) is 0 Å². The molecule has 0 aliphatic heterocycles. The van der Waals surface area contributed by atoms with Crippen molar-refractivity contribution in [2.75, 3.05) is 0 Å². The Morgan fingerprint density at radius 1 is 0.203 bits per heavy atom. The zero-order valence-electron chi connectivity index (χ0n) is 38.0. The van der Waals surface area contributed by atoms with Crippen LogP contribution in [0.25, 0.3) is 88.4 Å². The van der Waals surface area contributed by atoms with E-state index in [1.54, 1.807) is 0 Å². The smallest absolute Gasteiger partial charge is 0.179 e. The molecule has 0 aliphatic carbocycles. The van der Waals surface area contributed by atoms with Crippen molar-refractivity contribution in [3.8, 4) is 44.8 Å². The second-order valence-corrected chi connectivity index (χ2v) is 21.9. The van der Waals surface area contributed by atoms with E-state index in [0.29, 0.717) is 0 Å². The predicted octanol–water partition coefficient (Wildman–Crippen LogP) is 14.3. The van der Waals surface area contributed by atoms with Crippen LogP contribution in [0.1, 0.15) is 0 Å². The largest absolute Gasteiger partial charge is 0.309 e. The van der Waals surface area contributed by atoms with Gasteiger partial charge in [0.25, 0.3) is 0 Å². The summed E-state index contributed by atoms with van der Waals surface area (Å²) >= 11 is 0. The molecule has 0 amide bonds. The molecule has 0 aliphatic rings. The van der Waals surface area contributed by atoms with Crippen LogP contribution < -0.4 is 20.7 Å². The first-order valence-corrected chi connectivity index (χ1v) is 25.8. The molecule has 0 saturated heterocycles. The van der Waals surface area contributed by atoms with Crippen LogP contribution in [0, 0.1) is 0 Å². The van der Waals surface area contributed by atoms with Crippen molar-refractivity contribution in [1.82, 2.24) is 9.13 Å². The number of nitrogens with zero attached hydrogens (tertiary/aromatic N) is 2. The molecule has 0 fully saturated rings. The maximum atomic E-state index is 2.51. The van der Waals surface area contributed by atoms with Crippen LogP contribution in [0.4, 0.5) is 0 Å². The van der Waals surface area contributed by atoms with Gasteiger partial charge in [-0.15, -0.1) is 0 Å². The topological polar surface area (TPSA) is 9.86 Å². The first-order chi connectivity index (χ1) is 34.2. The molecule has 13 aromatic rings. The second kappa shape index (κ2) is 16.8. The van der Waals surface area contributed by atoms with Crippen LogP contribution in [0.5, 0.6) is 0 Å². The number of rotatable bonds is 9. The van der Waals surface area contributed by atoms with Gasteiger partial charge in [-0.25, -0.2) is 0 Å². The average Bonchev–Trinajstić information content (AvgIpc) is 3.94. The van der Waals surface area contributed by atoms with Crippen molar-refractivity contribution in [1.29, 1.82) is 0 Å². The molecule has 0 unspecified atom stereocenters. The Morgan fingerprint density at radius 3 is 1.20 bits per heavy atom. The lowest BCUT2D eigenvalue weighted by Gasteiger charge is -2.34. The zero-order chi connectivity index (χ0) is 45.7. The Morgan fingerprint density at radius 2 is 0.594 bits per heavy atom. The van der Waals surface area contributed by atoms with Crippen molar-refractivity contribution < 1.29 is 0 Å². The summed E-state index contributed by atoms with van der Waals surface area (Å²) in [6.07, 6.45) is 0. The minimum atomic E-state index is -2.81. The Kier molecular flexibility index (Phi) is 9.88. The Labute approximate surface area is 403 Å². The van der Waals surface area contributed by atoms with E-state index in [0.717, 1.165) is 11.4 Å². The van der Waals surface area contributed by atoms with E-state index >= 15 is 0 Å². The lowest BCUT2D eigenvalue weighted by molar-refractivity contribution is 1.18. The summed E-state index contributed by atoms with van der Waals surface area (Å²) < 4.78 is 4.90. The summed E-state index contributed by atoms with van der Waals surface area (Å²) in [6.45, 7) is 0. The van der Waals surface area contributed by atoms with E-state index < -0.39 is 8.07 Å². The van der Waals surface area contributed by atoms with Crippen LogP contribution >= 0.6 is 0 Å². The third-order valence-corrected chi connectivity index (χ3v) is 19.0. The van der Waals surface area contributed by atoms with E-state index in [4.69, 9.17) is 0 Å². The molecule has 69 heavy (non-hydrogen) atoms. The number of fused-ring (bicyclic) bond motifs is 6. The SMILES string of the molecule is c1ccc(-c2cccc(-c3ccc4c5cc(-c6ccc7c(c6)c6ccccc6n7-c6ccccc6)ccc5n(-c5cccc([Si](c6ccccc6)(c6ccccc6)c6ccccc6)c5)c4c3)c2)cc1. The standard InChI is InChI=1S/C66H46N2Si/c1-6-20-47(21-7-1)48-22-18-23-49(42-48)52-36-39-60-62-44-51(50-37-40-64-61(43-50)59-34-16-17-35-63(59)67(64)53-24-8-2-9-25-53)38-41-65(62)68(66(60)45-52)54-26-19-33-58(46-54)69(55-27-10-3-11-28-55,56-29-12-4-13-30-56)57-31-14-5-15-32-57/h1-46H. The lowest BCUT2D eigenvalue weighted by atomic mass is 9.97. The van der Waals surface area contributed by atoms with Crippen molar-refractivity contribution in [2.45, 2.75) is 0 Å². The molecular formula is C66H46N2Si. The molecule has 0 bridgehead atoms. The van der Waals surface area contributed by atoms with Crippen LogP contribution in [0.3, 0.4) is 0 Å². The fourth-order valence-electron chi connectivity index (χ4n) is 11.1. The minimum absolute atomic E-state index is 1.14. The van der Waals surface area contributed by atoms with E-state index in [9.17, 15) is 0 Å². The summed E-state index contributed by atoms with van der Waals surface area (Å²) in [6, 6.07) is 103. The van der Waals surface area contributed by atoms with Crippen LogP contribution in [-0.2, 0) is 0 Å². The zero-order valence-corrected chi connectivity index (χ0v) is 39.0. The van der Waals surface area contributed by atoms with Crippen LogP contribution in [0.2, 0.25) is 0 Å². The molecule has 11 aromatic carbocycles. The van der Waals surface area contributed by atoms with Gasteiger partial charge in [0, 0.05) is 32.9 Å². The first-order valence-electron chi connectivity index (χ1n) is 23.8. The van der Waals surface area contributed by atoms with Gasteiger partial charge in [0.15, 0.2) is 8.07 Å². The first kappa shape index (κ1) is 40.5.